The molecule has 0 spiro atoms. The highest BCUT2D eigenvalue weighted by atomic mass is 16.5. The number of esters is 1. The molecule has 0 heterocycles. The number of carbonyl (C=O) groups excluding carboxylic acids is 1. The van der Waals surface area contributed by atoms with E-state index in [0.29, 0.717) is 13.0 Å². The lowest BCUT2D eigenvalue weighted by atomic mass is 10.1. The SMILES string of the molecule is CCCC(=O)OC[C@@H](O)CN(Cc1ccccc1)Cc1ccccc1C. The molecular formula is C22H29NO3. The number of aryl methyl sites for hydroxylation is 1. The average Bonchev–Trinajstić information content (AvgIpc) is 2.63. The number of nitrogens with zero attached hydrogens (tertiary/aromatic N) is 1. The molecule has 26 heavy (non-hydrogen) atoms. The molecule has 2 aromatic carbocycles. The summed E-state index contributed by atoms with van der Waals surface area (Å²) in [6.07, 6.45) is 0.440. The molecule has 0 aliphatic heterocycles. The van der Waals surface area contributed by atoms with Gasteiger partial charge in [-0.3, -0.25) is 9.69 Å². The van der Waals surface area contributed by atoms with Gasteiger partial charge in [0.15, 0.2) is 0 Å². The van der Waals surface area contributed by atoms with Crippen molar-refractivity contribution in [2.24, 2.45) is 0 Å². The van der Waals surface area contributed by atoms with Gasteiger partial charge in [-0.05, 0) is 30.0 Å². The molecule has 0 unspecified atom stereocenters. The van der Waals surface area contributed by atoms with E-state index in [2.05, 4.69) is 36.1 Å². The van der Waals surface area contributed by atoms with Crippen molar-refractivity contribution in [3.05, 3.63) is 71.3 Å². The van der Waals surface area contributed by atoms with E-state index in [-0.39, 0.29) is 12.6 Å². The molecule has 0 bridgehead atoms. The predicted octanol–water partition coefficient (Wildman–Crippen LogP) is 3.70. The van der Waals surface area contributed by atoms with Gasteiger partial charge in [-0.2, -0.15) is 0 Å². The Morgan fingerprint density at radius 1 is 1.08 bits per heavy atom. The lowest BCUT2D eigenvalue weighted by Gasteiger charge is -2.26. The first-order valence-electron chi connectivity index (χ1n) is 9.23. The monoisotopic (exact) mass is 355 g/mol. The highest BCUT2D eigenvalue weighted by Crippen LogP contribution is 2.14. The van der Waals surface area contributed by atoms with Crippen molar-refractivity contribution in [1.82, 2.24) is 4.90 Å². The standard InChI is InChI=1S/C22H29NO3/c1-3-9-22(25)26-17-21(24)16-23(14-19-11-5-4-6-12-19)15-20-13-8-7-10-18(20)2/h4-8,10-13,21,24H,3,9,14-17H2,1-2H3/t21-/m0/s1. The van der Waals surface area contributed by atoms with Crippen LogP contribution in [0, 0.1) is 6.92 Å². The van der Waals surface area contributed by atoms with Crippen molar-refractivity contribution in [3.8, 4) is 0 Å². The van der Waals surface area contributed by atoms with E-state index >= 15 is 0 Å². The molecule has 0 saturated carbocycles. The van der Waals surface area contributed by atoms with Crippen LogP contribution in [-0.4, -0.2) is 35.2 Å². The van der Waals surface area contributed by atoms with Gasteiger partial charge in [0.2, 0.25) is 0 Å². The maximum absolute atomic E-state index is 11.5. The normalized spacial score (nSPS) is 12.2. The second-order valence-corrected chi connectivity index (χ2v) is 6.67. The maximum Gasteiger partial charge on any atom is 0.305 e. The van der Waals surface area contributed by atoms with Crippen LogP contribution in [0.25, 0.3) is 0 Å². The Labute approximate surface area is 156 Å². The first-order chi connectivity index (χ1) is 12.6. The Hall–Kier alpha value is -2.17. The highest BCUT2D eigenvalue weighted by molar-refractivity contribution is 5.69. The predicted molar refractivity (Wildman–Crippen MR) is 104 cm³/mol. The highest BCUT2D eigenvalue weighted by Gasteiger charge is 2.15. The van der Waals surface area contributed by atoms with Gasteiger partial charge < -0.3 is 9.84 Å². The molecule has 0 amide bonds. The average molecular weight is 355 g/mol. The second-order valence-electron chi connectivity index (χ2n) is 6.67. The van der Waals surface area contributed by atoms with Crippen LogP contribution < -0.4 is 0 Å². The summed E-state index contributed by atoms with van der Waals surface area (Å²) in [6, 6.07) is 18.5. The maximum atomic E-state index is 11.5. The van der Waals surface area contributed by atoms with Crippen molar-refractivity contribution < 1.29 is 14.6 Å². The first-order valence-corrected chi connectivity index (χ1v) is 9.23. The summed E-state index contributed by atoms with van der Waals surface area (Å²) in [5.74, 6) is -0.250. The van der Waals surface area contributed by atoms with Crippen LogP contribution in [0.1, 0.15) is 36.5 Å². The topological polar surface area (TPSA) is 49.8 Å². The van der Waals surface area contributed by atoms with Gasteiger partial charge >= 0.3 is 5.97 Å². The van der Waals surface area contributed by atoms with E-state index < -0.39 is 6.10 Å². The van der Waals surface area contributed by atoms with Gasteiger partial charge in [0.05, 0.1) is 0 Å². The zero-order valence-electron chi connectivity index (χ0n) is 15.7. The van der Waals surface area contributed by atoms with Crippen LogP contribution in [0.5, 0.6) is 0 Å². The summed E-state index contributed by atoms with van der Waals surface area (Å²) >= 11 is 0. The molecule has 0 saturated heterocycles. The lowest BCUT2D eigenvalue weighted by molar-refractivity contribution is -0.147. The molecule has 0 aromatic heterocycles. The molecule has 1 atom stereocenters. The van der Waals surface area contributed by atoms with Crippen molar-refractivity contribution in [3.63, 3.8) is 0 Å². The Bertz CT molecular complexity index is 672. The minimum atomic E-state index is -0.705. The number of hydrogen-bond acceptors (Lipinski definition) is 4. The van der Waals surface area contributed by atoms with Crippen molar-refractivity contribution in [1.29, 1.82) is 0 Å². The summed E-state index contributed by atoms with van der Waals surface area (Å²) in [7, 11) is 0. The minimum absolute atomic E-state index is 0.0396. The van der Waals surface area contributed by atoms with E-state index in [9.17, 15) is 9.90 Å². The zero-order chi connectivity index (χ0) is 18.8. The van der Waals surface area contributed by atoms with Crippen LogP contribution in [0.4, 0.5) is 0 Å². The molecule has 4 nitrogen and oxygen atoms in total. The van der Waals surface area contributed by atoms with Crippen LogP contribution in [0.2, 0.25) is 0 Å². The number of hydrogen-bond donors (Lipinski definition) is 1. The van der Waals surface area contributed by atoms with E-state index in [1.54, 1.807) is 0 Å². The summed E-state index contributed by atoms with van der Waals surface area (Å²) < 4.78 is 5.15. The first kappa shape index (κ1) is 20.1. The van der Waals surface area contributed by atoms with Gasteiger partial charge in [-0.15, -0.1) is 0 Å². The molecule has 0 aliphatic rings. The fourth-order valence-corrected chi connectivity index (χ4v) is 2.87. The van der Waals surface area contributed by atoms with Crippen molar-refractivity contribution >= 4 is 5.97 Å². The zero-order valence-corrected chi connectivity index (χ0v) is 15.7. The van der Waals surface area contributed by atoms with Crippen LogP contribution in [-0.2, 0) is 22.6 Å². The number of rotatable bonds is 10. The molecule has 1 N–H and O–H groups in total. The quantitative estimate of drug-likeness (QED) is 0.660. The third-order valence-electron chi connectivity index (χ3n) is 4.26. The summed E-state index contributed by atoms with van der Waals surface area (Å²) in [5, 5.41) is 10.3. The van der Waals surface area contributed by atoms with Crippen LogP contribution in [0.3, 0.4) is 0 Å². The van der Waals surface area contributed by atoms with Gasteiger partial charge in [0.1, 0.15) is 12.7 Å². The molecule has 2 rings (SSSR count). The smallest absolute Gasteiger partial charge is 0.305 e. The molecule has 0 radical (unpaired) electrons. The Morgan fingerprint density at radius 2 is 1.77 bits per heavy atom. The number of aliphatic hydroxyl groups is 1. The summed E-state index contributed by atoms with van der Waals surface area (Å²) in [6.45, 7) is 5.98. The van der Waals surface area contributed by atoms with E-state index in [1.165, 1.54) is 16.7 Å². The Morgan fingerprint density at radius 3 is 2.46 bits per heavy atom. The number of aliphatic hydroxyl groups excluding tert-OH is 1. The molecule has 0 aliphatic carbocycles. The third-order valence-corrected chi connectivity index (χ3v) is 4.26. The fourth-order valence-electron chi connectivity index (χ4n) is 2.87. The molecule has 0 fully saturated rings. The van der Waals surface area contributed by atoms with E-state index in [0.717, 1.165) is 19.5 Å². The van der Waals surface area contributed by atoms with E-state index in [4.69, 9.17) is 4.74 Å². The second kappa shape index (κ2) is 10.7. The molecule has 4 heteroatoms. The van der Waals surface area contributed by atoms with Gasteiger partial charge in [-0.1, -0.05) is 61.5 Å². The molecular weight excluding hydrogens is 326 g/mol. The van der Waals surface area contributed by atoms with Crippen LogP contribution >= 0.6 is 0 Å². The van der Waals surface area contributed by atoms with E-state index in [1.807, 2.05) is 37.3 Å². The Kier molecular flexibility index (Phi) is 8.32. The third kappa shape index (κ3) is 6.98. The van der Waals surface area contributed by atoms with Crippen LogP contribution in [0.15, 0.2) is 54.6 Å². The Balaban J connectivity index is 2.00. The fraction of sp³-hybridized carbons (Fsp3) is 0.409. The number of benzene rings is 2. The largest absolute Gasteiger partial charge is 0.463 e. The van der Waals surface area contributed by atoms with Crippen molar-refractivity contribution in [2.45, 2.75) is 45.9 Å². The number of carbonyl (C=O) groups is 1. The summed E-state index contributed by atoms with van der Waals surface area (Å²) in [5.41, 5.74) is 3.66. The lowest BCUT2D eigenvalue weighted by Crippen LogP contribution is -2.35. The number of ether oxygens (including phenoxy) is 1. The van der Waals surface area contributed by atoms with Gasteiger partial charge in [0.25, 0.3) is 0 Å². The minimum Gasteiger partial charge on any atom is -0.463 e. The van der Waals surface area contributed by atoms with Gasteiger partial charge in [-0.25, -0.2) is 0 Å². The molecule has 140 valence electrons. The van der Waals surface area contributed by atoms with Crippen molar-refractivity contribution in [2.75, 3.05) is 13.2 Å². The molecule has 2 aromatic rings. The summed E-state index contributed by atoms with van der Waals surface area (Å²) in [4.78, 5) is 13.7. The van der Waals surface area contributed by atoms with Gasteiger partial charge in [0, 0.05) is 26.1 Å².